The molecule has 218 valence electrons. The molecule has 0 fully saturated rings. The number of anilines is 1. The molecule has 1 aromatic heterocycles. The number of aromatic nitrogens is 2. The molecule has 1 atom stereocenters. The van der Waals surface area contributed by atoms with Crippen LogP contribution >= 0.6 is 11.8 Å². The number of nitrogens with one attached hydrogen (secondary N) is 1. The Morgan fingerprint density at radius 1 is 1.07 bits per heavy atom. The van der Waals surface area contributed by atoms with Crippen LogP contribution in [0.3, 0.4) is 0 Å². The van der Waals surface area contributed by atoms with Gasteiger partial charge in [-0.15, -0.1) is 11.8 Å². The Bertz CT molecular complexity index is 1570. The number of hydrogen-bond acceptors (Lipinski definition) is 6. The van der Waals surface area contributed by atoms with Gasteiger partial charge in [-0.05, 0) is 48.4 Å². The van der Waals surface area contributed by atoms with Crippen molar-refractivity contribution in [2.45, 2.75) is 19.1 Å². The molecule has 3 aromatic carbocycles. The Morgan fingerprint density at radius 2 is 1.81 bits per heavy atom. The number of amides is 2. The topological polar surface area (TPSA) is 85.7 Å². The highest BCUT2D eigenvalue weighted by atomic mass is 32.2. The van der Waals surface area contributed by atoms with E-state index < -0.39 is 11.1 Å². The van der Waals surface area contributed by atoms with Gasteiger partial charge < -0.3 is 14.8 Å². The molecule has 1 N–H and O–H groups in total. The number of benzene rings is 3. The quantitative estimate of drug-likeness (QED) is 0.273. The normalized spacial score (nSPS) is 14.9. The zero-order valence-electron chi connectivity index (χ0n) is 24.0. The van der Waals surface area contributed by atoms with E-state index in [2.05, 4.69) is 5.32 Å². The molecule has 0 unspecified atom stereocenters. The number of nitrogens with zero attached hydrogens (tertiary/aromatic N) is 3. The summed E-state index contributed by atoms with van der Waals surface area (Å²) in [5.41, 5.74) is 3.57. The van der Waals surface area contributed by atoms with Crippen LogP contribution in [0.5, 0.6) is 11.5 Å². The number of thioether (sulfide) groups is 1. The molecule has 5 rings (SSSR count). The van der Waals surface area contributed by atoms with Crippen LogP contribution in [0.4, 0.5) is 10.2 Å². The summed E-state index contributed by atoms with van der Waals surface area (Å²) >= 11 is 1.43. The standard InChI is InChI=1S/C32H33FN4O4S/c1-20(2)17-34-27(38)18-36-28(39)19-42-31(25-16-24(40-3)14-15-26(25)41-4)29-30(21-8-6-5-7-9-21)35-37(32(29)36)23-12-10-22(33)11-13-23/h5-16,20,31H,17-19H2,1-4H3,(H,34,38)/t31-/m1/s1. The molecule has 1 aliphatic rings. The van der Waals surface area contributed by atoms with Crippen molar-refractivity contribution in [1.29, 1.82) is 0 Å². The highest BCUT2D eigenvalue weighted by molar-refractivity contribution is 8.00. The van der Waals surface area contributed by atoms with Crippen molar-refractivity contribution in [2.75, 3.05) is 38.0 Å². The lowest BCUT2D eigenvalue weighted by Gasteiger charge is -2.24. The first kappa shape index (κ1) is 29.2. The van der Waals surface area contributed by atoms with Gasteiger partial charge in [-0.1, -0.05) is 44.2 Å². The van der Waals surface area contributed by atoms with Crippen LogP contribution in [0, 0.1) is 11.7 Å². The largest absolute Gasteiger partial charge is 0.497 e. The number of carbonyl (C=O) groups excluding carboxylic acids is 2. The molecule has 0 saturated heterocycles. The van der Waals surface area contributed by atoms with Crippen molar-refractivity contribution < 1.29 is 23.5 Å². The lowest BCUT2D eigenvalue weighted by atomic mass is 9.98. The van der Waals surface area contributed by atoms with Crippen LogP contribution < -0.4 is 19.7 Å². The van der Waals surface area contributed by atoms with Crippen molar-refractivity contribution in [3.63, 3.8) is 0 Å². The van der Waals surface area contributed by atoms with Crippen LogP contribution in [0.1, 0.15) is 30.2 Å². The number of methoxy groups -OCH3 is 2. The number of rotatable bonds is 9. The van der Waals surface area contributed by atoms with Crippen molar-refractivity contribution in [3.8, 4) is 28.4 Å². The fourth-order valence-electron chi connectivity index (χ4n) is 4.90. The van der Waals surface area contributed by atoms with Gasteiger partial charge in [-0.2, -0.15) is 5.10 Å². The van der Waals surface area contributed by atoms with Gasteiger partial charge in [0, 0.05) is 23.2 Å². The average molecular weight is 589 g/mol. The molecular weight excluding hydrogens is 555 g/mol. The molecule has 0 aliphatic carbocycles. The summed E-state index contributed by atoms with van der Waals surface area (Å²) in [5.74, 6) is 1.16. The van der Waals surface area contributed by atoms with E-state index in [1.165, 1.54) is 28.8 Å². The van der Waals surface area contributed by atoms with E-state index in [9.17, 15) is 14.0 Å². The smallest absolute Gasteiger partial charge is 0.240 e. The summed E-state index contributed by atoms with van der Waals surface area (Å²) < 4.78 is 27.0. The van der Waals surface area contributed by atoms with E-state index in [0.29, 0.717) is 35.2 Å². The van der Waals surface area contributed by atoms with Crippen molar-refractivity contribution >= 4 is 29.4 Å². The summed E-state index contributed by atoms with van der Waals surface area (Å²) in [5, 5.41) is 7.54. The zero-order valence-corrected chi connectivity index (χ0v) is 24.8. The minimum absolute atomic E-state index is 0.106. The second-order valence-electron chi connectivity index (χ2n) is 10.3. The van der Waals surface area contributed by atoms with E-state index in [0.717, 1.165) is 16.7 Å². The predicted octanol–water partition coefficient (Wildman–Crippen LogP) is 5.64. The maximum atomic E-state index is 14.0. The van der Waals surface area contributed by atoms with E-state index in [-0.39, 0.29) is 30.0 Å². The third kappa shape index (κ3) is 5.99. The molecule has 10 heteroatoms. The third-order valence-electron chi connectivity index (χ3n) is 6.94. The van der Waals surface area contributed by atoms with Gasteiger partial charge in [-0.3, -0.25) is 14.5 Å². The summed E-state index contributed by atoms with van der Waals surface area (Å²) in [7, 11) is 3.20. The van der Waals surface area contributed by atoms with E-state index >= 15 is 0 Å². The van der Waals surface area contributed by atoms with Crippen LogP contribution in [-0.2, 0) is 9.59 Å². The Balaban J connectivity index is 1.80. The van der Waals surface area contributed by atoms with Crippen molar-refractivity contribution in [1.82, 2.24) is 15.1 Å². The number of ether oxygens (including phenoxy) is 2. The van der Waals surface area contributed by atoms with Gasteiger partial charge >= 0.3 is 0 Å². The first-order valence-electron chi connectivity index (χ1n) is 13.7. The lowest BCUT2D eigenvalue weighted by molar-refractivity contribution is -0.123. The summed E-state index contributed by atoms with van der Waals surface area (Å²) in [6.07, 6.45) is 0. The molecule has 0 saturated carbocycles. The predicted molar refractivity (Wildman–Crippen MR) is 163 cm³/mol. The minimum Gasteiger partial charge on any atom is -0.497 e. The molecule has 2 heterocycles. The maximum Gasteiger partial charge on any atom is 0.240 e. The van der Waals surface area contributed by atoms with Gasteiger partial charge in [0.2, 0.25) is 11.8 Å². The van der Waals surface area contributed by atoms with Crippen molar-refractivity contribution in [3.05, 3.63) is 89.7 Å². The maximum absolute atomic E-state index is 14.0. The lowest BCUT2D eigenvalue weighted by Crippen LogP contribution is -2.43. The molecule has 0 spiro atoms. The Morgan fingerprint density at radius 3 is 2.48 bits per heavy atom. The summed E-state index contributed by atoms with van der Waals surface area (Å²) in [6.45, 7) is 4.31. The van der Waals surface area contributed by atoms with E-state index in [4.69, 9.17) is 14.6 Å². The Hall–Kier alpha value is -4.31. The van der Waals surface area contributed by atoms with Gasteiger partial charge in [0.1, 0.15) is 29.7 Å². The molecule has 0 bridgehead atoms. The fourth-order valence-corrected chi connectivity index (χ4v) is 6.11. The molecule has 8 nitrogen and oxygen atoms in total. The van der Waals surface area contributed by atoms with Crippen LogP contribution in [0.15, 0.2) is 72.8 Å². The zero-order chi connectivity index (χ0) is 29.8. The highest BCUT2D eigenvalue weighted by Crippen LogP contribution is 2.51. The summed E-state index contributed by atoms with van der Waals surface area (Å²) in [4.78, 5) is 28.5. The average Bonchev–Trinajstić information content (AvgIpc) is 3.33. The van der Waals surface area contributed by atoms with Crippen LogP contribution in [0.2, 0.25) is 0 Å². The van der Waals surface area contributed by atoms with E-state index in [1.54, 1.807) is 31.0 Å². The number of carbonyl (C=O) groups is 2. The van der Waals surface area contributed by atoms with Gasteiger partial charge in [0.25, 0.3) is 0 Å². The number of halogens is 1. The molecule has 4 aromatic rings. The monoisotopic (exact) mass is 588 g/mol. The second kappa shape index (κ2) is 12.7. The SMILES string of the molecule is COc1ccc(OC)c([C@H]2SCC(=O)N(CC(=O)NCC(C)C)c3c2c(-c2ccccc2)nn3-c2ccc(F)cc2)c1. The van der Waals surface area contributed by atoms with Gasteiger partial charge in [0.15, 0.2) is 0 Å². The number of fused-ring (bicyclic) bond motifs is 1. The number of hydrogen-bond donors (Lipinski definition) is 1. The van der Waals surface area contributed by atoms with Crippen LogP contribution in [-0.4, -0.2) is 54.7 Å². The molecule has 42 heavy (non-hydrogen) atoms. The fraction of sp³-hybridized carbons (Fsp3) is 0.281. The van der Waals surface area contributed by atoms with Crippen LogP contribution in [0.25, 0.3) is 16.9 Å². The minimum atomic E-state index is -0.415. The highest BCUT2D eigenvalue weighted by Gasteiger charge is 2.38. The Kier molecular flexibility index (Phi) is 8.82. The van der Waals surface area contributed by atoms with Crippen molar-refractivity contribution in [2.24, 2.45) is 5.92 Å². The first-order chi connectivity index (χ1) is 20.3. The first-order valence-corrected chi connectivity index (χ1v) is 14.7. The van der Waals surface area contributed by atoms with Gasteiger partial charge in [-0.25, -0.2) is 9.07 Å². The summed E-state index contributed by atoms with van der Waals surface area (Å²) in [6, 6.07) is 21.1. The molecule has 1 aliphatic heterocycles. The third-order valence-corrected chi connectivity index (χ3v) is 8.17. The van der Waals surface area contributed by atoms with E-state index in [1.807, 2.05) is 62.4 Å². The molecular formula is C32H33FN4O4S. The van der Waals surface area contributed by atoms with Gasteiger partial charge in [0.05, 0.1) is 36.6 Å². The molecule has 2 amide bonds. The Labute approximate surface area is 248 Å². The molecule has 0 radical (unpaired) electrons. The second-order valence-corrected chi connectivity index (χ2v) is 11.4.